The van der Waals surface area contributed by atoms with Gasteiger partial charge in [0.15, 0.2) is 0 Å². The normalized spacial score (nSPS) is 22.3. The van der Waals surface area contributed by atoms with Crippen molar-refractivity contribution in [2.45, 2.75) is 37.6 Å². The molecule has 0 bridgehead atoms. The molecule has 1 saturated heterocycles. The molecule has 6 unspecified atom stereocenters. The summed E-state index contributed by atoms with van der Waals surface area (Å²) in [4.78, 5) is 57.9. The smallest absolute Gasteiger partial charge is 0.444 e. The monoisotopic (exact) mass is 675 g/mol. The lowest BCUT2D eigenvalue weighted by atomic mass is 10.2. The minimum Gasteiger partial charge on any atom is -0.444 e. The third-order valence-corrected chi connectivity index (χ3v) is 10.6. The van der Waals surface area contributed by atoms with Gasteiger partial charge >= 0.3 is 35.0 Å². The van der Waals surface area contributed by atoms with Crippen molar-refractivity contribution in [3.8, 4) is 0 Å². The molecule has 1 fully saturated rings. The van der Waals surface area contributed by atoms with E-state index >= 15 is 0 Å². The highest BCUT2D eigenvalue weighted by molar-refractivity contribution is 7.68. The number of phosphoric acid groups is 2. The van der Waals surface area contributed by atoms with E-state index in [0.717, 1.165) is 10.1 Å². The molecule has 1 aliphatic heterocycles. The van der Waals surface area contributed by atoms with Crippen molar-refractivity contribution in [2.24, 2.45) is 0 Å². The summed E-state index contributed by atoms with van der Waals surface area (Å²) in [6.07, 6.45) is -4.26. The Morgan fingerprint density at radius 1 is 0.955 bits per heavy atom. The molecule has 0 aliphatic carbocycles. The van der Waals surface area contributed by atoms with Crippen LogP contribution in [0.5, 0.6) is 0 Å². The summed E-state index contributed by atoms with van der Waals surface area (Å²) in [5.74, 6) is -0.118. The predicted molar refractivity (Wildman–Crippen MR) is 151 cm³/mol. The average molecular weight is 675 g/mol. The number of phosphoric ester groups is 1. The largest absolute Gasteiger partial charge is 0.488 e. The zero-order chi connectivity index (χ0) is 32.0. The molecule has 3 aromatic rings. The quantitative estimate of drug-likeness (QED) is 0.163. The van der Waals surface area contributed by atoms with E-state index < -0.39 is 66.2 Å². The highest BCUT2D eigenvalue weighted by Crippen LogP contribution is 2.68. The third-order valence-electron chi connectivity index (χ3n) is 5.85. The molecule has 1 aromatic heterocycles. The molecular weight excluding hydrogens is 647 g/mol. The Morgan fingerprint density at radius 2 is 1.59 bits per heavy atom. The number of benzene rings is 2. The van der Waals surface area contributed by atoms with Crippen LogP contribution in [0.2, 0.25) is 0 Å². The first-order valence-corrected chi connectivity index (χ1v) is 17.4. The lowest BCUT2D eigenvalue weighted by Crippen LogP contribution is -2.29. The molecule has 1 aliphatic rings. The molecule has 5 N–H and O–H groups in total. The van der Waals surface area contributed by atoms with Gasteiger partial charge in [-0.3, -0.25) is 19.0 Å². The Labute approximate surface area is 249 Å². The first kappa shape index (κ1) is 33.8. The van der Waals surface area contributed by atoms with Crippen LogP contribution in [0.15, 0.2) is 77.7 Å². The number of hydrogen-bond donors (Lipinski definition) is 5. The van der Waals surface area contributed by atoms with Gasteiger partial charge in [0.1, 0.15) is 24.8 Å². The number of nitrogens with one attached hydrogen (secondary N) is 1. The lowest BCUT2D eigenvalue weighted by Gasteiger charge is -2.20. The first-order valence-electron chi connectivity index (χ1n) is 12.7. The van der Waals surface area contributed by atoms with Crippen LogP contribution in [0.1, 0.15) is 23.8 Å². The number of aliphatic hydroxyl groups excluding tert-OH is 1. The fourth-order valence-electron chi connectivity index (χ4n) is 3.94. The van der Waals surface area contributed by atoms with Crippen molar-refractivity contribution in [3.05, 3.63) is 94.5 Å². The summed E-state index contributed by atoms with van der Waals surface area (Å²) in [7, 11) is -15.8. The summed E-state index contributed by atoms with van der Waals surface area (Å²) < 4.78 is 61.3. The summed E-state index contributed by atoms with van der Waals surface area (Å²) in [6.45, 7) is -0.868. The van der Waals surface area contributed by atoms with Gasteiger partial charge in [-0.15, -0.1) is 0 Å². The lowest BCUT2D eigenvalue weighted by molar-refractivity contribution is -0.0449. The second-order valence-electron chi connectivity index (χ2n) is 9.30. The Hall–Kier alpha value is -3.04. The fourth-order valence-corrected chi connectivity index (χ4v) is 8.09. The van der Waals surface area contributed by atoms with Crippen molar-refractivity contribution in [3.63, 3.8) is 0 Å². The van der Waals surface area contributed by atoms with Gasteiger partial charge in [-0.2, -0.15) is 9.29 Å². The molecule has 44 heavy (non-hydrogen) atoms. The van der Waals surface area contributed by atoms with Crippen molar-refractivity contribution >= 4 is 35.2 Å². The summed E-state index contributed by atoms with van der Waals surface area (Å²) in [5.41, 5.74) is 0.160. The van der Waals surface area contributed by atoms with Gasteiger partial charge in [-0.25, -0.2) is 23.0 Å². The molecule has 6 atom stereocenters. The molecule has 2 aromatic carbocycles. The molecule has 17 nitrogen and oxygen atoms in total. The summed E-state index contributed by atoms with van der Waals surface area (Å²) in [6, 6.07) is 17.8. The van der Waals surface area contributed by atoms with Gasteiger partial charge in [-0.1, -0.05) is 60.7 Å². The summed E-state index contributed by atoms with van der Waals surface area (Å²) in [5, 5.41) is 12.6. The fraction of sp³-hybridized carbons (Fsp3) is 0.292. The highest BCUT2D eigenvalue weighted by atomic mass is 31.3. The van der Waals surface area contributed by atoms with E-state index in [9.17, 15) is 43.1 Å². The van der Waals surface area contributed by atoms with Gasteiger partial charge in [-0.05, 0) is 17.2 Å². The number of rotatable bonds is 13. The standard InChI is InChI=1S/C24H28N3O14P3/c28-19-13-22(27-12-11-21(25-23(27)29)26-24(30)37-14-17-7-3-1-4-8-17)39-20(19)15-38-43(33,34)41-44(35,36)40-42(31,32)16-18-9-5-2-6-10-18/h1-12,19-20,22,28H,13-16H2,(H,31,32)(H,33,34)(H,35,36)(H,25,26,29,30). The van der Waals surface area contributed by atoms with Crippen LogP contribution in [0.4, 0.5) is 10.6 Å². The van der Waals surface area contributed by atoms with E-state index in [1.54, 1.807) is 42.5 Å². The number of amides is 1. The minimum absolute atomic E-state index is 0.00775. The van der Waals surface area contributed by atoms with E-state index in [1.807, 2.05) is 6.07 Å². The Balaban J connectivity index is 1.28. The van der Waals surface area contributed by atoms with Crippen LogP contribution in [0.25, 0.3) is 0 Å². The summed E-state index contributed by atoms with van der Waals surface area (Å²) >= 11 is 0. The van der Waals surface area contributed by atoms with E-state index in [-0.39, 0.29) is 24.4 Å². The van der Waals surface area contributed by atoms with Crippen molar-refractivity contribution < 1.29 is 60.9 Å². The number of aliphatic hydroxyl groups is 1. The maximum absolute atomic E-state index is 12.6. The van der Waals surface area contributed by atoms with Crippen molar-refractivity contribution in [1.29, 1.82) is 0 Å². The van der Waals surface area contributed by atoms with E-state index in [1.165, 1.54) is 24.4 Å². The van der Waals surface area contributed by atoms with E-state index in [2.05, 4.69) is 23.4 Å². The van der Waals surface area contributed by atoms with Gasteiger partial charge < -0.3 is 29.3 Å². The number of anilines is 1. The Kier molecular flexibility index (Phi) is 11.1. The van der Waals surface area contributed by atoms with Crippen LogP contribution in [-0.4, -0.2) is 54.2 Å². The van der Waals surface area contributed by atoms with Gasteiger partial charge in [0.2, 0.25) is 0 Å². The van der Waals surface area contributed by atoms with Gasteiger partial charge in [0.05, 0.1) is 18.9 Å². The van der Waals surface area contributed by atoms with Gasteiger partial charge in [0.25, 0.3) is 0 Å². The predicted octanol–water partition coefficient (Wildman–Crippen LogP) is 3.28. The third kappa shape index (κ3) is 10.3. The maximum Gasteiger partial charge on any atom is 0.488 e. The topological polar surface area (TPSA) is 242 Å². The Bertz CT molecular complexity index is 1640. The molecule has 0 radical (unpaired) electrons. The molecule has 4 rings (SSSR count). The van der Waals surface area contributed by atoms with Crippen LogP contribution >= 0.6 is 23.2 Å². The van der Waals surface area contributed by atoms with Crippen molar-refractivity contribution in [1.82, 2.24) is 9.55 Å². The number of nitrogens with zero attached hydrogens (tertiary/aromatic N) is 2. The molecule has 238 valence electrons. The van der Waals surface area contributed by atoms with E-state index in [0.29, 0.717) is 0 Å². The second-order valence-corrected chi connectivity index (χ2v) is 14.3. The number of hydrogen-bond acceptors (Lipinski definition) is 12. The number of ether oxygens (including phenoxy) is 2. The van der Waals surface area contributed by atoms with Gasteiger partial charge in [0, 0.05) is 12.6 Å². The Morgan fingerprint density at radius 3 is 2.23 bits per heavy atom. The minimum atomic E-state index is -5.60. The molecule has 20 heteroatoms. The van der Waals surface area contributed by atoms with Crippen LogP contribution in [0.3, 0.4) is 0 Å². The second kappa shape index (κ2) is 14.4. The average Bonchev–Trinajstić information content (AvgIpc) is 3.30. The van der Waals surface area contributed by atoms with Crippen LogP contribution < -0.4 is 11.0 Å². The zero-order valence-electron chi connectivity index (χ0n) is 22.6. The zero-order valence-corrected chi connectivity index (χ0v) is 25.3. The number of carbonyl (C=O) groups excluding carboxylic acids is 1. The molecule has 2 heterocycles. The van der Waals surface area contributed by atoms with Crippen molar-refractivity contribution in [2.75, 3.05) is 11.9 Å². The number of aromatic nitrogens is 2. The highest BCUT2D eigenvalue weighted by Gasteiger charge is 2.43. The molecule has 0 saturated carbocycles. The van der Waals surface area contributed by atoms with Crippen LogP contribution in [0, 0.1) is 0 Å². The molecule has 0 spiro atoms. The first-order chi connectivity index (χ1) is 20.7. The SMILES string of the molecule is O=C(Nc1ccn(C2CC(O)C(COP(=O)(O)OP(=O)(O)OP(=O)(O)Cc3ccccc3)O2)c(=O)n1)OCc1ccccc1. The molecule has 1 amide bonds. The number of carbonyl (C=O) groups is 1. The van der Waals surface area contributed by atoms with Crippen LogP contribution in [-0.2, 0) is 49.1 Å². The molecular formula is C24H28N3O14P3. The maximum atomic E-state index is 12.6. The van der Waals surface area contributed by atoms with E-state index in [4.69, 9.17) is 9.47 Å².